The van der Waals surface area contributed by atoms with Crippen molar-refractivity contribution in [3.05, 3.63) is 70.3 Å². The van der Waals surface area contributed by atoms with Crippen molar-refractivity contribution in [2.45, 2.75) is 0 Å². The third-order valence-corrected chi connectivity index (χ3v) is 4.11. The molecule has 0 radical (unpaired) electrons. The number of imidazole rings is 1. The first-order valence-corrected chi connectivity index (χ1v) is 7.46. The van der Waals surface area contributed by atoms with Crippen molar-refractivity contribution in [3.8, 4) is 17.2 Å². The molecule has 0 fully saturated rings. The van der Waals surface area contributed by atoms with E-state index >= 15 is 0 Å². The van der Waals surface area contributed by atoms with Crippen molar-refractivity contribution in [3.63, 3.8) is 0 Å². The van der Waals surface area contributed by atoms with Gasteiger partial charge in [0.15, 0.2) is 0 Å². The highest BCUT2D eigenvalue weighted by molar-refractivity contribution is 5.95. The molecule has 2 aromatic carbocycles. The van der Waals surface area contributed by atoms with Gasteiger partial charge in [0.25, 0.3) is 0 Å². The summed E-state index contributed by atoms with van der Waals surface area (Å²) in [5.74, 6) is 0.135. The fraction of sp³-hybridized carbons (Fsp3) is 0. The Hall–Kier alpha value is -3.92. The van der Waals surface area contributed by atoms with Crippen molar-refractivity contribution >= 4 is 28.2 Å². The zero-order valence-electron chi connectivity index (χ0n) is 12.9. The molecule has 25 heavy (non-hydrogen) atoms. The van der Waals surface area contributed by atoms with Gasteiger partial charge in [0.05, 0.1) is 21.5 Å². The summed E-state index contributed by atoms with van der Waals surface area (Å²) in [5.41, 5.74) is 8.12. The van der Waals surface area contributed by atoms with Crippen molar-refractivity contribution in [1.29, 1.82) is 5.26 Å². The minimum absolute atomic E-state index is 0.0635. The first-order valence-electron chi connectivity index (χ1n) is 7.46. The molecule has 0 aliphatic heterocycles. The lowest BCUT2D eigenvalue weighted by Gasteiger charge is -2.11. The van der Waals surface area contributed by atoms with Crippen LogP contribution in [-0.2, 0) is 0 Å². The van der Waals surface area contributed by atoms with Gasteiger partial charge in [0.2, 0.25) is 5.65 Å². The maximum Gasteiger partial charge on any atom is 0.321 e. The molecule has 7 nitrogen and oxygen atoms in total. The van der Waals surface area contributed by atoms with Crippen LogP contribution in [0, 0.1) is 21.4 Å². The van der Waals surface area contributed by atoms with Crippen LogP contribution in [0.2, 0.25) is 0 Å². The predicted octanol–water partition coefficient (Wildman–Crippen LogP) is 3.52. The molecule has 0 saturated carbocycles. The Labute approximate surface area is 141 Å². The van der Waals surface area contributed by atoms with Gasteiger partial charge in [-0.15, -0.1) is 0 Å². The number of nitrogen functional groups attached to an aromatic ring is 1. The number of aromatic nitrogens is 2. The molecule has 0 aliphatic rings. The molecule has 7 heteroatoms. The number of nitriles is 1. The summed E-state index contributed by atoms with van der Waals surface area (Å²) in [7, 11) is 0. The van der Waals surface area contributed by atoms with Gasteiger partial charge < -0.3 is 5.73 Å². The van der Waals surface area contributed by atoms with E-state index in [2.05, 4.69) is 4.98 Å². The van der Waals surface area contributed by atoms with Crippen LogP contribution in [-0.4, -0.2) is 14.3 Å². The van der Waals surface area contributed by atoms with Gasteiger partial charge in [-0.05, 0) is 17.7 Å². The van der Waals surface area contributed by atoms with Crippen LogP contribution in [0.5, 0.6) is 0 Å². The third-order valence-electron chi connectivity index (χ3n) is 4.11. The van der Waals surface area contributed by atoms with Crippen LogP contribution in [0.25, 0.3) is 27.8 Å². The fourth-order valence-corrected chi connectivity index (χ4v) is 3.07. The lowest BCUT2D eigenvalue weighted by molar-refractivity contribution is -0.382. The second kappa shape index (κ2) is 5.32. The zero-order valence-corrected chi connectivity index (χ0v) is 12.9. The van der Waals surface area contributed by atoms with Gasteiger partial charge >= 0.3 is 5.69 Å². The first kappa shape index (κ1) is 14.7. The van der Waals surface area contributed by atoms with E-state index < -0.39 is 4.92 Å². The lowest BCUT2D eigenvalue weighted by atomic mass is 9.99. The van der Waals surface area contributed by atoms with E-state index in [0.29, 0.717) is 16.6 Å². The number of rotatable bonds is 2. The topological polar surface area (TPSA) is 110 Å². The van der Waals surface area contributed by atoms with Crippen LogP contribution in [0.1, 0.15) is 5.56 Å². The number of anilines is 1. The molecule has 0 bridgehead atoms. The zero-order chi connectivity index (χ0) is 17.6. The summed E-state index contributed by atoms with van der Waals surface area (Å²) in [4.78, 5) is 15.7. The molecule has 4 aromatic rings. The van der Waals surface area contributed by atoms with E-state index in [9.17, 15) is 15.4 Å². The van der Waals surface area contributed by atoms with E-state index in [-0.39, 0.29) is 28.3 Å². The molecule has 0 atom stereocenters. The Morgan fingerprint density at radius 1 is 1.12 bits per heavy atom. The highest BCUT2D eigenvalue weighted by Gasteiger charge is 2.29. The normalized spacial score (nSPS) is 10.8. The van der Waals surface area contributed by atoms with Crippen molar-refractivity contribution in [2.24, 2.45) is 0 Å². The van der Waals surface area contributed by atoms with Gasteiger partial charge in [-0.3, -0.25) is 14.5 Å². The standard InChI is InChI=1S/C18H11N5O2/c19-10-12-15(11-6-2-1-3-7-11)16(23(24)25)18-21-13-8-4-5-9-14(13)22(18)17(12)20/h1-9H,20H2. The Morgan fingerprint density at radius 3 is 2.48 bits per heavy atom. The molecular weight excluding hydrogens is 318 g/mol. The SMILES string of the molecule is N#Cc1c(-c2ccccc2)c([N+](=O)[O-])c2nc3ccccc3n2c1N. The van der Waals surface area contributed by atoms with Crippen LogP contribution < -0.4 is 5.73 Å². The second-order valence-corrected chi connectivity index (χ2v) is 5.48. The maximum absolute atomic E-state index is 11.9. The van der Waals surface area contributed by atoms with Gasteiger partial charge in [-0.2, -0.15) is 5.26 Å². The second-order valence-electron chi connectivity index (χ2n) is 5.48. The van der Waals surface area contributed by atoms with Gasteiger partial charge in [-0.1, -0.05) is 42.5 Å². The number of nitro groups is 1. The summed E-state index contributed by atoms with van der Waals surface area (Å²) in [6, 6.07) is 17.8. The minimum Gasteiger partial charge on any atom is -0.384 e. The molecule has 0 aliphatic carbocycles. The average molecular weight is 329 g/mol. The molecule has 2 N–H and O–H groups in total. The Bertz CT molecular complexity index is 1190. The number of nitrogens with zero attached hydrogens (tertiary/aromatic N) is 4. The van der Waals surface area contributed by atoms with Gasteiger partial charge in [0, 0.05) is 0 Å². The Morgan fingerprint density at radius 2 is 1.80 bits per heavy atom. The van der Waals surface area contributed by atoms with Gasteiger partial charge in [0.1, 0.15) is 17.5 Å². The molecule has 4 rings (SSSR count). The Kier molecular flexibility index (Phi) is 3.12. The predicted molar refractivity (Wildman–Crippen MR) is 93.9 cm³/mol. The van der Waals surface area contributed by atoms with Crippen LogP contribution in [0.15, 0.2) is 54.6 Å². The minimum atomic E-state index is -0.510. The monoisotopic (exact) mass is 329 g/mol. The quantitative estimate of drug-likeness (QED) is 0.447. The van der Waals surface area contributed by atoms with E-state index in [1.807, 2.05) is 6.07 Å². The molecule has 0 amide bonds. The van der Waals surface area contributed by atoms with Crippen molar-refractivity contribution in [1.82, 2.24) is 9.38 Å². The average Bonchev–Trinajstić information content (AvgIpc) is 3.01. The Balaban J connectivity index is 2.30. The molecule has 0 spiro atoms. The van der Waals surface area contributed by atoms with Crippen LogP contribution >= 0.6 is 0 Å². The fourth-order valence-electron chi connectivity index (χ4n) is 3.07. The smallest absolute Gasteiger partial charge is 0.321 e. The molecule has 120 valence electrons. The summed E-state index contributed by atoms with van der Waals surface area (Å²) in [6.45, 7) is 0. The van der Waals surface area contributed by atoms with Crippen molar-refractivity contribution in [2.75, 3.05) is 5.73 Å². The summed E-state index contributed by atoms with van der Waals surface area (Å²) in [5, 5.41) is 21.5. The number of para-hydroxylation sites is 2. The number of pyridine rings is 1. The highest BCUT2D eigenvalue weighted by atomic mass is 16.6. The molecular formula is C18H11N5O2. The van der Waals surface area contributed by atoms with E-state index in [0.717, 1.165) is 0 Å². The molecule has 2 heterocycles. The highest BCUT2D eigenvalue weighted by Crippen LogP contribution is 2.40. The summed E-state index contributed by atoms with van der Waals surface area (Å²) < 4.78 is 1.47. The number of benzene rings is 2. The summed E-state index contributed by atoms with van der Waals surface area (Å²) in [6.07, 6.45) is 0. The number of hydrogen-bond acceptors (Lipinski definition) is 5. The largest absolute Gasteiger partial charge is 0.384 e. The third kappa shape index (κ3) is 2.01. The van der Waals surface area contributed by atoms with Crippen LogP contribution in [0.3, 0.4) is 0 Å². The molecule has 2 aromatic heterocycles. The summed E-state index contributed by atoms with van der Waals surface area (Å²) >= 11 is 0. The number of nitrogens with two attached hydrogens (primary N) is 1. The van der Waals surface area contributed by atoms with E-state index in [1.165, 1.54) is 4.40 Å². The lowest BCUT2D eigenvalue weighted by Crippen LogP contribution is -2.07. The number of fused-ring (bicyclic) bond motifs is 3. The first-order chi connectivity index (χ1) is 12.1. The maximum atomic E-state index is 11.9. The molecule has 0 unspecified atom stereocenters. The van der Waals surface area contributed by atoms with Crippen LogP contribution in [0.4, 0.5) is 11.5 Å². The number of hydrogen-bond donors (Lipinski definition) is 1. The molecule has 0 saturated heterocycles. The van der Waals surface area contributed by atoms with Gasteiger partial charge in [-0.25, -0.2) is 4.98 Å². The van der Waals surface area contributed by atoms with Crippen molar-refractivity contribution < 1.29 is 4.92 Å². The van der Waals surface area contributed by atoms with E-state index in [1.54, 1.807) is 54.6 Å². The van der Waals surface area contributed by atoms with E-state index in [4.69, 9.17) is 5.73 Å².